The lowest BCUT2D eigenvalue weighted by atomic mass is 10.1. The molecule has 0 saturated carbocycles. The molecule has 1 heterocycles. The van der Waals surface area contributed by atoms with Crippen LogP contribution in [0.25, 0.3) is 0 Å². The van der Waals surface area contributed by atoms with Crippen molar-refractivity contribution in [2.45, 2.75) is 64.8 Å². The fourth-order valence-corrected chi connectivity index (χ4v) is 2.45. The molecule has 1 atom stereocenters. The summed E-state index contributed by atoms with van der Waals surface area (Å²) >= 11 is 0. The minimum Gasteiger partial charge on any atom is -0.341 e. The number of carbonyl (C=O) groups is 1. The topological polar surface area (TPSA) is 32.3 Å². The molecule has 1 saturated heterocycles. The summed E-state index contributed by atoms with van der Waals surface area (Å²) in [7, 11) is 0. The third-order valence-corrected chi connectivity index (χ3v) is 3.58. The lowest BCUT2D eigenvalue weighted by molar-refractivity contribution is -0.131. The second-order valence-corrected chi connectivity index (χ2v) is 5.04. The third-order valence-electron chi connectivity index (χ3n) is 3.58. The molecule has 100 valence electrons. The number of amides is 1. The predicted molar refractivity (Wildman–Crippen MR) is 72.0 cm³/mol. The van der Waals surface area contributed by atoms with Crippen molar-refractivity contribution in [3.05, 3.63) is 0 Å². The highest BCUT2D eigenvalue weighted by Crippen LogP contribution is 2.10. The smallest absolute Gasteiger partial charge is 0.222 e. The minimum absolute atomic E-state index is 0.345. The summed E-state index contributed by atoms with van der Waals surface area (Å²) in [5.74, 6) is 0.345. The van der Waals surface area contributed by atoms with Crippen LogP contribution in [0.2, 0.25) is 0 Å². The first-order valence-corrected chi connectivity index (χ1v) is 7.29. The van der Waals surface area contributed by atoms with Crippen LogP contribution in [-0.4, -0.2) is 36.5 Å². The van der Waals surface area contributed by atoms with Crippen LogP contribution < -0.4 is 5.32 Å². The maximum atomic E-state index is 12.0. The fraction of sp³-hybridized carbons (Fsp3) is 0.929. The van der Waals surface area contributed by atoms with Gasteiger partial charge in [0.05, 0.1) is 0 Å². The molecule has 1 aliphatic heterocycles. The average Bonchev–Trinajstić information content (AvgIpc) is 2.84. The lowest BCUT2D eigenvalue weighted by Gasteiger charge is -2.24. The highest BCUT2D eigenvalue weighted by Gasteiger charge is 2.19. The first kappa shape index (κ1) is 14.5. The number of likely N-dealkylation sites (N-methyl/N-ethyl adjacent to an activating group) is 1. The summed E-state index contributed by atoms with van der Waals surface area (Å²) in [6, 6.07) is 0.537. The number of nitrogens with one attached hydrogen (secondary N) is 1. The van der Waals surface area contributed by atoms with Crippen molar-refractivity contribution < 1.29 is 4.79 Å². The van der Waals surface area contributed by atoms with Gasteiger partial charge in [-0.2, -0.15) is 0 Å². The molecule has 0 aromatic heterocycles. The Morgan fingerprint density at radius 2 is 2.12 bits per heavy atom. The van der Waals surface area contributed by atoms with Gasteiger partial charge in [-0.1, -0.05) is 26.2 Å². The van der Waals surface area contributed by atoms with Crippen LogP contribution in [0.4, 0.5) is 0 Å². The quantitative estimate of drug-likeness (QED) is 0.661. The highest BCUT2D eigenvalue weighted by molar-refractivity contribution is 5.76. The summed E-state index contributed by atoms with van der Waals surface area (Å²) < 4.78 is 0. The van der Waals surface area contributed by atoms with Crippen molar-refractivity contribution in [1.82, 2.24) is 10.2 Å². The van der Waals surface area contributed by atoms with E-state index in [1.165, 1.54) is 32.1 Å². The summed E-state index contributed by atoms with van der Waals surface area (Å²) in [5.41, 5.74) is 0. The molecule has 1 amide bonds. The largest absolute Gasteiger partial charge is 0.341 e. The Kier molecular flexibility index (Phi) is 7.25. The molecule has 0 aromatic rings. The van der Waals surface area contributed by atoms with Crippen LogP contribution >= 0.6 is 0 Å². The van der Waals surface area contributed by atoms with Crippen molar-refractivity contribution in [1.29, 1.82) is 0 Å². The van der Waals surface area contributed by atoms with Gasteiger partial charge in [0.1, 0.15) is 0 Å². The van der Waals surface area contributed by atoms with Gasteiger partial charge < -0.3 is 10.2 Å². The summed E-state index contributed by atoms with van der Waals surface area (Å²) in [4.78, 5) is 14.0. The first-order valence-electron chi connectivity index (χ1n) is 7.29. The summed E-state index contributed by atoms with van der Waals surface area (Å²) in [6.45, 7) is 7.16. The van der Waals surface area contributed by atoms with Gasteiger partial charge in [-0.3, -0.25) is 4.79 Å². The van der Waals surface area contributed by atoms with Crippen LogP contribution in [0, 0.1) is 0 Å². The average molecular weight is 240 g/mol. The van der Waals surface area contributed by atoms with Gasteiger partial charge in [-0.25, -0.2) is 0 Å². The Morgan fingerprint density at radius 3 is 2.71 bits per heavy atom. The molecule has 3 nitrogen and oxygen atoms in total. The number of hydrogen-bond acceptors (Lipinski definition) is 2. The van der Waals surface area contributed by atoms with Gasteiger partial charge in [0.2, 0.25) is 5.91 Å². The third kappa shape index (κ3) is 5.53. The van der Waals surface area contributed by atoms with Crippen molar-refractivity contribution in [3.8, 4) is 0 Å². The van der Waals surface area contributed by atoms with E-state index in [-0.39, 0.29) is 0 Å². The monoisotopic (exact) mass is 240 g/mol. The normalized spacial score (nSPS) is 19.5. The van der Waals surface area contributed by atoms with Gasteiger partial charge in [-0.15, -0.1) is 0 Å². The van der Waals surface area contributed by atoms with E-state index >= 15 is 0 Å². The molecule has 0 aromatic carbocycles. The Labute approximate surface area is 106 Å². The standard InChI is InChI=1S/C14H28N2O/c1-3-5-6-7-10-14(17)16(4-2)12-13-9-8-11-15-13/h13,15H,3-12H2,1-2H3. The summed E-state index contributed by atoms with van der Waals surface area (Å²) in [5, 5.41) is 3.46. The molecule has 0 bridgehead atoms. The molecule has 0 aliphatic carbocycles. The maximum absolute atomic E-state index is 12.0. The number of nitrogens with zero attached hydrogens (tertiary/aromatic N) is 1. The number of carbonyl (C=O) groups excluding carboxylic acids is 1. The Bertz CT molecular complexity index is 212. The van der Waals surface area contributed by atoms with Crippen LogP contribution in [0.5, 0.6) is 0 Å². The number of rotatable bonds is 8. The fourth-order valence-electron chi connectivity index (χ4n) is 2.45. The minimum atomic E-state index is 0.345. The molecular weight excluding hydrogens is 212 g/mol. The van der Waals surface area contributed by atoms with Gasteiger partial charge in [0.15, 0.2) is 0 Å². The molecule has 0 spiro atoms. The summed E-state index contributed by atoms with van der Waals surface area (Å²) in [6.07, 6.45) is 7.96. The molecule has 17 heavy (non-hydrogen) atoms. The van der Waals surface area contributed by atoms with Gasteiger partial charge in [0, 0.05) is 25.6 Å². The molecule has 1 fully saturated rings. The predicted octanol–water partition coefficient (Wildman–Crippen LogP) is 2.56. The molecule has 1 rings (SSSR count). The number of hydrogen-bond donors (Lipinski definition) is 1. The molecule has 0 radical (unpaired) electrons. The van der Waals surface area contributed by atoms with Gasteiger partial charge in [-0.05, 0) is 32.7 Å². The SMILES string of the molecule is CCCCCCC(=O)N(CC)CC1CCCN1. The van der Waals surface area contributed by atoms with E-state index in [0.29, 0.717) is 11.9 Å². The van der Waals surface area contributed by atoms with Crippen molar-refractivity contribution in [2.75, 3.05) is 19.6 Å². The first-order chi connectivity index (χ1) is 8.27. The molecular formula is C14H28N2O. The second-order valence-electron chi connectivity index (χ2n) is 5.04. The van der Waals surface area contributed by atoms with Crippen LogP contribution in [0.1, 0.15) is 58.8 Å². The maximum Gasteiger partial charge on any atom is 0.222 e. The van der Waals surface area contributed by atoms with Crippen molar-refractivity contribution in [2.24, 2.45) is 0 Å². The zero-order valence-electron chi connectivity index (χ0n) is 11.5. The van der Waals surface area contributed by atoms with E-state index in [4.69, 9.17) is 0 Å². The van der Waals surface area contributed by atoms with Crippen LogP contribution in [-0.2, 0) is 4.79 Å². The lowest BCUT2D eigenvalue weighted by Crippen LogP contribution is -2.40. The highest BCUT2D eigenvalue weighted by atomic mass is 16.2. The second kappa shape index (κ2) is 8.51. The van der Waals surface area contributed by atoms with Crippen molar-refractivity contribution >= 4 is 5.91 Å². The van der Waals surface area contributed by atoms with Gasteiger partial charge >= 0.3 is 0 Å². The molecule has 1 aliphatic rings. The zero-order chi connectivity index (χ0) is 12.5. The zero-order valence-corrected chi connectivity index (χ0v) is 11.5. The molecule has 3 heteroatoms. The van der Waals surface area contributed by atoms with E-state index in [1.807, 2.05) is 4.90 Å². The van der Waals surface area contributed by atoms with Crippen LogP contribution in [0.15, 0.2) is 0 Å². The van der Waals surface area contributed by atoms with Crippen LogP contribution in [0.3, 0.4) is 0 Å². The van der Waals surface area contributed by atoms with E-state index in [1.54, 1.807) is 0 Å². The molecule has 1 unspecified atom stereocenters. The van der Waals surface area contributed by atoms with E-state index in [9.17, 15) is 4.79 Å². The van der Waals surface area contributed by atoms with E-state index in [0.717, 1.165) is 32.5 Å². The Morgan fingerprint density at radius 1 is 1.29 bits per heavy atom. The Hall–Kier alpha value is -0.570. The van der Waals surface area contributed by atoms with E-state index in [2.05, 4.69) is 19.2 Å². The molecule has 1 N–H and O–H groups in total. The Balaban J connectivity index is 2.20. The van der Waals surface area contributed by atoms with E-state index < -0.39 is 0 Å². The van der Waals surface area contributed by atoms with Gasteiger partial charge in [0.25, 0.3) is 0 Å². The van der Waals surface area contributed by atoms with Crippen molar-refractivity contribution in [3.63, 3.8) is 0 Å². The number of unbranched alkanes of at least 4 members (excludes halogenated alkanes) is 3.